The minimum absolute atomic E-state index is 0.0325. The van der Waals surface area contributed by atoms with Gasteiger partial charge in [0.1, 0.15) is 0 Å². The summed E-state index contributed by atoms with van der Waals surface area (Å²) in [6.07, 6.45) is 0. The molecule has 0 N–H and O–H groups in total. The van der Waals surface area contributed by atoms with Gasteiger partial charge in [0.15, 0.2) is 0 Å². The summed E-state index contributed by atoms with van der Waals surface area (Å²) in [5.41, 5.74) is -2.23. The third-order valence-electron chi connectivity index (χ3n) is 5.25. The number of hydrogen-bond donors (Lipinski definition) is 0. The summed E-state index contributed by atoms with van der Waals surface area (Å²) in [6, 6.07) is -12.4. The molecule has 0 unspecified atom stereocenters. The van der Waals surface area contributed by atoms with Crippen LogP contribution >= 0.6 is 22.9 Å². The van der Waals surface area contributed by atoms with Gasteiger partial charge in [0, 0.05) is 47.1 Å². The monoisotopic (exact) mass is 477 g/mol. The molecule has 0 bridgehead atoms. The van der Waals surface area contributed by atoms with Crippen molar-refractivity contribution in [1.29, 1.82) is 0 Å². The lowest BCUT2D eigenvalue weighted by molar-refractivity contribution is 1.18. The summed E-state index contributed by atoms with van der Waals surface area (Å²) >= 11 is 7.54. The summed E-state index contributed by atoms with van der Waals surface area (Å²) in [5.74, 6) is 0. The smallest absolute Gasteiger partial charge is 0.0645 e. The number of thiophene rings is 1. The first-order chi connectivity index (χ1) is 23.8. The molecular formula is C30H18ClNS. The second kappa shape index (κ2) is 7.21. The van der Waals surface area contributed by atoms with Crippen LogP contribution in [0.5, 0.6) is 0 Å². The van der Waals surface area contributed by atoms with E-state index in [2.05, 4.69) is 0 Å². The van der Waals surface area contributed by atoms with E-state index in [-0.39, 0.29) is 36.5 Å². The second-order valence-corrected chi connectivity index (χ2v) is 8.35. The van der Waals surface area contributed by atoms with Crippen LogP contribution in [0.25, 0.3) is 58.8 Å². The first kappa shape index (κ1) is 8.32. The summed E-state index contributed by atoms with van der Waals surface area (Å²) < 4.78 is 157. The van der Waals surface area contributed by atoms with Crippen LogP contribution in [0.1, 0.15) is 24.7 Å². The Kier molecular flexibility index (Phi) is 1.82. The summed E-state index contributed by atoms with van der Waals surface area (Å²) in [6.45, 7) is 0. The Hall–Kier alpha value is -3.59. The number of fused-ring (bicyclic) bond motifs is 6. The van der Waals surface area contributed by atoms with Gasteiger partial charge in [-0.3, -0.25) is 0 Å². The lowest BCUT2D eigenvalue weighted by atomic mass is 10.0. The molecule has 0 spiro atoms. The van der Waals surface area contributed by atoms with Crippen molar-refractivity contribution in [1.82, 2.24) is 4.57 Å². The van der Waals surface area contributed by atoms with Gasteiger partial charge in [-0.1, -0.05) is 90.2 Å². The number of para-hydroxylation sites is 3. The maximum atomic E-state index is 9.17. The normalized spacial score (nSPS) is 19.4. The van der Waals surface area contributed by atoms with E-state index < -0.39 is 136 Å². The van der Waals surface area contributed by atoms with Crippen molar-refractivity contribution in [2.75, 3.05) is 0 Å². The Morgan fingerprint density at radius 2 is 1.21 bits per heavy atom. The molecule has 0 aliphatic rings. The first-order valence-electron chi connectivity index (χ1n) is 18.5. The van der Waals surface area contributed by atoms with Crippen molar-refractivity contribution in [2.24, 2.45) is 0 Å². The molecule has 0 atom stereocenters. The predicted molar refractivity (Wildman–Crippen MR) is 144 cm³/mol. The highest BCUT2D eigenvalue weighted by Gasteiger charge is 2.19. The van der Waals surface area contributed by atoms with Gasteiger partial charge in [0.25, 0.3) is 0 Å². The van der Waals surface area contributed by atoms with Crippen LogP contribution in [0.4, 0.5) is 0 Å². The average molecular weight is 478 g/mol. The van der Waals surface area contributed by atoms with Crippen LogP contribution < -0.4 is 0 Å². The van der Waals surface area contributed by atoms with Crippen LogP contribution in [0.3, 0.4) is 0 Å². The van der Waals surface area contributed by atoms with E-state index in [0.717, 1.165) is 15.9 Å². The zero-order chi connectivity index (χ0) is 37.6. The van der Waals surface area contributed by atoms with Gasteiger partial charge in [-0.05, 0) is 30.2 Å². The third-order valence-corrected chi connectivity index (χ3v) is 6.66. The minimum atomic E-state index is -0.832. The summed E-state index contributed by atoms with van der Waals surface area (Å²) in [7, 11) is 0. The van der Waals surface area contributed by atoms with Crippen molar-refractivity contribution < 1.29 is 24.7 Å². The highest BCUT2D eigenvalue weighted by Crippen LogP contribution is 2.45. The van der Waals surface area contributed by atoms with Crippen LogP contribution in [0, 0.1) is 0 Å². The van der Waals surface area contributed by atoms with Crippen molar-refractivity contribution in [3.05, 3.63) is 114 Å². The van der Waals surface area contributed by atoms with Gasteiger partial charge < -0.3 is 4.57 Å². The molecule has 0 radical (unpaired) electrons. The van der Waals surface area contributed by atoms with E-state index in [1.54, 1.807) is 0 Å². The lowest BCUT2D eigenvalue weighted by Crippen LogP contribution is -1.97. The number of aromatic nitrogens is 1. The molecule has 1 nitrogen and oxygen atoms in total. The highest BCUT2D eigenvalue weighted by atomic mass is 35.5. The molecular weight excluding hydrogens is 442 g/mol. The fourth-order valence-electron chi connectivity index (χ4n) is 3.92. The third kappa shape index (κ3) is 2.72. The first-order valence-corrected chi connectivity index (χ1v) is 10.7. The molecule has 0 saturated carbocycles. The van der Waals surface area contributed by atoms with E-state index in [1.807, 2.05) is 0 Å². The van der Waals surface area contributed by atoms with Crippen LogP contribution in [-0.4, -0.2) is 4.57 Å². The molecule has 156 valence electrons. The standard InChI is InChI=1S/C30H18ClNS/c31-24-18-17-22-21-11-4-8-16-28(21)33-30(22)29(24)23-12-3-7-15-27(23)32-25-13-5-1-9-19(25)20-10-2-6-14-26(20)32/h1-18H/i1D,2D,3D,4D,5D,6D,7D,8D,9D,10D,11D,12D,13D,14D,15D,16D,17D,18D. The highest BCUT2D eigenvalue weighted by molar-refractivity contribution is 7.26. The topological polar surface area (TPSA) is 4.93 Å². The molecule has 2 aromatic heterocycles. The molecule has 0 aliphatic carbocycles. The molecule has 7 aromatic rings. The number of benzene rings is 5. The summed E-state index contributed by atoms with van der Waals surface area (Å²) in [4.78, 5) is 0. The Bertz CT molecular complexity index is 2730. The van der Waals surface area contributed by atoms with Crippen molar-refractivity contribution >= 4 is 64.9 Å². The minimum Gasteiger partial charge on any atom is -0.309 e. The van der Waals surface area contributed by atoms with Crippen LogP contribution in [0.2, 0.25) is 5.02 Å². The lowest BCUT2D eigenvalue weighted by Gasteiger charge is -2.15. The molecule has 0 saturated heterocycles. The average Bonchev–Trinajstić information content (AvgIpc) is 3.67. The molecule has 3 heteroatoms. The van der Waals surface area contributed by atoms with Gasteiger partial charge in [0.2, 0.25) is 0 Å². The van der Waals surface area contributed by atoms with E-state index in [1.165, 1.54) is 0 Å². The number of nitrogens with zero attached hydrogens (tertiary/aromatic N) is 1. The molecule has 0 amide bonds. The van der Waals surface area contributed by atoms with Crippen LogP contribution in [-0.2, 0) is 0 Å². The van der Waals surface area contributed by atoms with E-state index in [4.69, 9.17) is 36.3 Å². The molecule has 5 aromatic carbocycles. The number of hydrogen-bond acceptors (Lipinski definition) is 1. The van der Waals surface area contributed by atoms with Gasteiger partial charge in [-0.2, -0.15) is 0 Å². The van der Waals surface area contributed by atoms with Gasteiger partial charge in [-0.25, -0.2) is 0 Å². The molecule has 33 heavy (non-hydrogen) atoms. The molecule has 2 heterocycles. The largest absolute Gasteiger partial charge is 0.309 e. The Morgan fingerprint density at radius 1 is 0.606 bits per heavy atom. The maximum Gasteiger partial charge on any atom is 0.0645 e. The number of rotatable bonds is 2. The van der Waals surface area contributed by atoms with Gasteiger partial charge in [0.05, 0.1) is 41.4 Å². The zero-order valence-electron chi connectivity index (χ0n) is 34.2. The van der Waals surface area contributed by atoms with E-state index >= 15 is 0 Å². The predicted octanol–water partition coefficient (Wildman–Crippen LogP) is 9.47. The van der Waals surface area contributed by atoms with Crippen molar-refractivity contribution in [3.63, 3.8) is 0 Å². The SMILES string of the molecule is [2H]c1c([2H])c([2H])c(-n2c3c([2H])c([2H])c([2H])c([2H])c3c3c([2H])c([2H])c([2H])c([2H])c32)c(-c2c(Cl)c([2H])c([2H])c3c2sc2c([2H])c([2H])c([2H])c([2H])c23)c1[2H]. The maximum absolute atomic E-state index is 9.17. The van der Waals surface area contributed by atoms with Gasteiger partial charge >= 0.3 is 0 Å². The molecule has 0 fully saturated rings. The second-order valence-electron chi connectivity index (χ2n) is 6.96. The Labute approximate surface area is 225 Å². The van der Waals surface area contributed by atoms with E-state index in [9.17, 15) is 0 Å². The quantitative estimate of drug-likeness (QED) is 0.233. The van der Waals surface area contributed by atoms with Crippen molar-refractivity contribution in [3.8, 4) is 16.8 Å². The molecule has 0 aliphatic heterocycles. The Balaban J connectivity index is 1.85. The van der Waals surface area contributed by atoms with Crippen molar-refractivity contribution in [2.45, 2.75) is 0 Å². The number of halogens is 1. The molecule has 7 rings (SSSR count). The summed E-state index contributed by atoms with van der Waals surface area (Å²) in [5, 5.41) is -1.50. The van der Waals surface area contributed by atoms with E-state index in [0.29, 0.717) is 0 Å². The van der Waals surface area contributed by atoms with Gasteiger partial charge in [-0.15, -0.1) is 11.3 Å². The van der Waals surface area contributed by atoms with Crippen LogP contribution in [0.15, 0.2) is 109 Å². The zero-order valence-corrected chi connectivity index (χ0v) is 17.8. The fraction of sp³-hybridized carbons (Fsp3) is 0. The Morgan fingerprint density at radius 3 is 1.97 bits per heavy atom. The fourth-order valence-corrected chi connectivity index (χ4v) is 5.33.